The first-order valence-electron chi connectivity index (χ1n) is 8.48. The molecule has 1 N–H and O–H groups in total. The maximum Gasteiger partial charge on any atom is 0.119 e. The van der Waals surface area contributed by atoms with E-state index in [4.69, 9.17) is 9.47 Å². The van der Waals surface area contributed by atoms with Crippen molar-refractivity contribution in [2.45, 2.75) is 31.9 Å². The van der Waals surface area contributed by atoms with Crippen molar-refractivity contribution in [1.82, 2.24) is 5.32 Å². The van der Waals surface area contributed by atoms with Crippen molar-refractivity contribution in [1.29, 1.82) is 0 Å². The number of hydrogen-bond acceptors (Lipinski definition) is 3. The third-order valence-corrected chi connectivity index (χ3v) is 4.15. The molecule has 0 aliphatic carbocycles. The third kappa shape index (κ3) is 5.38. The van der Waals surface area contributed by atoms with Crippen LogP contribution in [0.4, 0.5) is 0 Å². The zero-order valence-corrected chi connectivity index (χ0v) is 13.5. The summed E-state index contributed by atoms with van der Waals surface area (Å²) in [6.45, 7) is 3.45. The van der Waals surface area contributed by atoms with E-state index >= 15 is 0 Å². The molecule has 23 heavy (non-hydrogen) atoms. The van der Waals surface area contributed by atoms with Gasteiger partial charge in [0.2, 0.25) is 0 Å². The summed E-state index contributed by atoms with van der Waals surface area (Å²) >= 11 is 0. The highest BCUT2D eigenvalue weighted by Crippen LogP contribution is 2.14. The van der Waals surface area contributed by atoms with Crippen LogP contribution in [0.2, 0.25) is 0 Å². The zero-order valence-electron chi connectivity index (χ0n) is 13.5. The summed E-state index contributed by atoms with van der Waals surface area (Å²) in [5.41, 5.74) is 2.58. The predicted octanol–water partition coefficient (Wildman–Crippen LogP) is 3.58. The molecule has 1 unspecified atom stereocenters. The lowest BCUT2D eigenvalue weighted by molar-refractivity contribution is 0.110. The van der Waals surface area contributed by atoms with Crippen LogP contribution in [0.25, 0.3) is 0 Å². The molecule has 0 radical (unpaired) electrons. The number of hydrogen-bond donors (Lipinski definition) is 1. The van der Waals surface area contributed by atoms with Gasteiger partial charge in [0, 0.05) is 26.1 Å². The van der Waals surface area contributed by atoms with Crippen molar-refractivity contribution in [3.63, 3.8) is 0 Å². The molecule has 1 fully saturated rings. The van der Waals surface area contributed by atoms with Crippen molar-refractivity contribution in [3.8, 4) is 5.75 Å². The largest absolute Gasteiger partial charge is 0.493 e. The van der Waals surface area contributed by atoms with Gasteiger partial charge in [0.25, 0.3) is 0 Å². The summed E-state index contributed by atoms with van der Waals surface area (Å²) in [6.07, 6.45) is 3.71. The Morgan fingerprint density at radius 3 is 2.57 bits per heavy atom. The molecule has 122 valence electrons. The fourth-order valence-corrected chi connectivity index (χ4v) is 2.82. The maximum atomic E-state index is 5.81. The topological polar surface area (TPSA) is 30.5 Å². The molecule has 0 aromatic heterocycles. The fourth-order valence-electron chi connectivity index (χ4n) is 2.82. The summed E-state index contributed by atoms with van der Waals surface area (Å²) in [7, 11) is 0. The SMILES string of the molecule is c1ccc(CCOc2ccc(CNCC3CCCO3)cc2)cc1. The molecular weight excluding hydrogens is 286 g/mol. The smallest absolute Gasteiger partial charge is 0.119 e. The van der Waals surface area contributed by atoms with Gasteiger partial charge in [-0.3, -0.25) is 0 Å². The number of ether oxygens (including phenoxy) is 2. The van der Waals surface area contributed by atoms with Gasteiger partial charge in [-0.1, -0.05) is 42.5 Å². The minimum atomic E-state index is 0.399. The second-order valence-corrected chi connectivity index (χ2v) is 5.99. The molecule has 3 nitrogen and oxygen atoms in total. The second kappa shape index (κ2) is 8.70. The van der Waals surface area contributed by atoms with Crippen LogP contribution in [0.15, 0.2) is 54.6 Å². The molecule has 1 aliphatic rings. The van der Waals surface area contributed by atoms with E-state index in [2.05, 4.69) is 41.7 Å². The minimum absolute atomic E-state index is 0.399. The van der Waals surface area contributed by atoms with E-state index in [-0.39, 0.29) is 0 Å². The Hall–Kier alpha value is -1.84. The highest BCUT2D eigenvalue weighted by molar-refractivity contribution is 5.27. The molecule has 0 saturated carbocycles. The second-order valence-electron chi connectivity index (χ2n) is 5.99. The van der Waals surface area contributed by atoms with Gasteiger partial charge in [-0.2, -0.15) is 0 Å². The average molecular weight is 311 g/mol. The van der Waals surface area contributed by atoms with Gasteiger partial charge >= 0.3 is 0 Å². The Kier molecular flexibility index (Phi) is 6.07. The van der Waals surface area contributed by atoms with Gasteiger partial charge in [0.05, 0.1) is 12.7 Å². The summed E-state index contributed by atoms with van der Waals surface area (Å²) in [5.74, 6) is 0.934. The monoisotopic (exact) mass is 311 g/mol. The van der Waals surface area contributed by atoms with Crippen molar-refractivity contribution < 1.29 is 9.47 Å². The number of benzene rings is 2. The van der Waals surface area contributed by atoms with Crippen LogP contribution in [0.3, 0.4) is 0 Å². The first kappa shape index (κ1) is 16.0. The molecule has 1 saturated heterocycles. The first-order chi connectivity index (χ1) is 11.4. The molecule has 3 heteroatoms. The van der Waals surface area contributed by atoms with Crippen LogP contribution in [0, 0.1) is 0 Å². The lowest BCUT2D eigenvalue weighted by Crippen LogP contribution is -2.25. The lowest BCUT2D eigenvalue weighted by atomic mass is 10.2. The molecule has 0 amide bonds. The Balaban J connectivity index is 1.36. The van der Waals surface area contributed by atoms with Crippen molar-refractivity contribution in [3.05, 3.63) is 65.7 Å². The van der Waals surface area contributed by atoms with Crippen LogP contribution in [0.1, 0.15) is 24.0 Å². The molecule has 0 spiro atoms. The van der Waals surface area contributed by atoms with Crippen LogP contribution in [-0.4, -0.2) is 25.9 Å². The van der Waals surface area contributed by atoms with E-state index < -0.39 is 0 Å². The normalized spacial score (nSPS) is 17.3. The molecule has 2 aromatic carbocycles. The van der Waals surface area contributed by atoms with Gasteiger partial charge in [-0.15, -0.1) is 0 Å². The lowest BCUT2D eigenvalue weighted by Gasteiger charge is -2.11. The molecule has 1 heterocycles. The van der Waals surface area contributed by atoms with Crippen molar-refractivity contribution >= 4 is 0 Å². The van der Waals surface area contributed by atoms with E-state index in [1.165, 1.54) is 24.0 Å². The van der Waals surface area contributed by atoms with E-state index in [0.29, 0.717) is 12.7 Å². The van der Waals surface area contributed by atoms with Gasteiger partial charge in [0.15, 0.2) is 0 Å². The molecule has 1 atom stereocenters. The van der Waals surface area contributed by atoms with E-state index in [1.54, 1.807) is 0 Å². The minimum Gasteiger partial charge on any atom is -0.493 e. The van der Waals surface area contributed by atoms with Gasteiger partial charge in [-0.25, -0.2) is 0 Å². The summed E-state index contributed by atoms with van der Waals surface area (Å²) < 4.78 is 11.4. The molecule has 0 bridgehead atoms. The number of nitrogens with one attached hydrogen (secondary N) is 1. The van der Waals surface area contributed by atoms with E-state index in [1.807, 2.05) is 18.2 Å². The molecule has 2 aromatic rings. The standard InChI is InChI=1S/C20H25NO2/c1-2-5-17(6-3-1)12-14-23-19-10-8-18(9-11-19)15-21-16-20-7-4-13-22-20/h1-3,5-6,8-11,20-21H,4,7,12-16H2. The Morgan fingerprint density at radius 2 is 1.83 bits per heavy atom. The van der Waals surface area contributed by atoms with Crippen LogP contribution in [0.5, 0.6) is 5.75 Å². The van der Waals surface area contributed by atoms with Gasteiger partial charge in [0.1, 0.15) is 5.75 Å². The third-order valence-electron chi connectivity index (χ3n) is 4.15. The fraction of sp³-hybridized carbons (Fsp3) is 0.400. The quantitative estimate of drug-likeness (QED) is 0.808. The number of rotatable bonds is 8. The summed E-state index contributed by atoms with van der Waals surface area (Å²) in [4.78, 5) is 0. The zero-order chi connectivity index (χ0) is 15.7. The van der Waals surface area contributed by atoms with Crippen LogP contribution < -0.4 is 10.1 Å². The van der Waals surface area contributed by atoms with Gasteiger partial charge < -0.3 is 14.8 Å². The Labute approximate surface area is 138 Å². The van der Waals surface area contributed by atoms with Crippen molar-refractivity contribution in [2.75, 3.05) is 19.8 Å². The average Bonchev–Trinajstić information content (AvgIpc) is 3.11. The molecular formula is C20H25NO2. The van der Waals surface area contributed by atoms with E-state index in [0.717, 1.165) is 31.9 Å². The summed E-state index contributed by atoms with van der Waals surface area (Å²) in [5, 5.41) is 3.46. The van der Waals surface area contributed by atoms with Gasteiger partial charge in [-0.05, 0) is 36.1 Å². The summed E-state index contributed by atoms with van der Waals surface area (Å²) in [6, 6.07) is 18.8. The molecule has 3 rings (SSSR count). The van der Waals surface area contributed by atoms with Crippen LogP contribution in [-0.2, 0) is 17.7 Å². The molecule has 1 aliphatic heterocycles. The highest BCUT2D eigenvalue weighted by Gasteiger charge is 2.14. The van der Waals surface area contributed by atoms with Crippen molar-refractivity contribution in [2.24, 2.45) is 0 Å². The van der Waals surface area contributed by atoms with E-state index in [9.17, 15) is 0 Å². The Morgan fingerprint density at radius 1 is 1.00 bits per heavy atom. The van der Waals surface area contributed by atoms with Crippen LogP contribution >= 0.6 is 0 Å². The highest BCUT2D eigenvalue weighted by atomic mass is 16.5. The predicted molar refractivity (Wildman–Crippen MR) is 92.8 cm³/mol. The maximum absolute atomic E-state index is 5.81. The first-order valence-corrected chi connectivity index (χ1v) is 8.48. The Bertz CT molecular complexity index is 562.